The standard InChI is InChI=1S/C8H5ClN2O/c9-6-1-5-2-7(4-12)11-8(5)10-3-6/h1-4H,(H,10,11). The monoisotopic (exact) mass is 180 g/mol. The summed E-state index contributed by atoms with van der Waals surface area (Å²) in [5.74, 6) is 0. The van der Waals surface area contributed by atoms with E-state index in [0.29, 0.717) is 16.4 Å². The van der Waals surface area contributed by atoms with Gasteiger partial charge in [0.2, 0.25) is 0 Å². The quantitative estimate of drug-likeness (QED) is 0.683. The van der Waals surface area contributed by atoms with Gasteiger partial charge < -0.3 is 4.98 Å². The number of carbonyl (C=O) groups is 1. The minimum Gasteiger partial charge on any atom is -0.337 e. The number of hydrogen-bond acceptors (Lipinski definition) is 2. The molecule has 3 nitrogen and oxygen atoms in total. The highest BCUT2D eigenvalue weighted by atomic mass is 35.5. The number of halogens is 1. The van der Waals surface area contributed by atoms with Gasteiger partial charge in [-0.25, -0.2) is 4.98 Å². The van der Waals surface area contributed by atoms with Crippen LogP contribution in [0.2, 0.25) is 5.02 Å². The second-order valence-corrected chi connectivity index (χ2v) is 2.87. The van der Waals surface area contributed by atoms with Gasteiger partial charge in [0.05, 0.1) is 10.7 Å². The fraction of sp³-hybridized carbons (Fsp3) is 0. The molecule has 0 fully saturated rings. The van der Waals surface area contributed by atoms with Crippen molar-refractivity contribution in [1.82, 2.24) is 9.97 Å². The van der Waals surface area contributed by atoms with Gasteiger partial charge in [-0.3, -0.25) is 4.79 Å². The summed E-state index contributed by atoms with van der Waals surface area (Å²) in [5.41, 5.74) is 1.20. The van der Waals surface area contributed by atoms with Gasteiger partial charge in [0.25, 0.3) is 0 Å². The molecule has 0 aliphatic carbocycles. The van der Waals surface area contributed by atoms with Gasteiger partial charge in [0.15, 0.2) is 6.29 Å². The van der Waals surface area contributed by atoms with Crippen LogP contribution in [0.15, 0.2) is 18.3 Å². The molecule has 0 unspecified atom stereocenters. The summed E-state index contributed by atoms with van der Waals surface area (Å²) in [7, 11) is 0. The van der Waals surface area contributed by atoms with Crippen molar-refractivity contribution in [1.29, 1.82) is 0 Å². The van der Waals surface area contributed by atoms with Crippen LogP contribution in [0.25, 0.3) is 11.0 Å². The van der Waals surface area contributed by atoms with Crippen LogP contribution in [0.5, 0.6) is 0 Å². The van der Waals surface area contributed by atoms with Gasteiger partial charge in [0, 0.05) is 11.6 Å². The average Bonchev–Trinajstić information content (AvgIpc) is 2.46. The van der Waals surface area contributed by atoms with Crippen LogP contribution in [0.3, 0.4) is 0 Å². The van der Waals surface area contributed by atoms with Crippen molar-refractivity contribution in [3.63, 3.8) is 0 Å². The molecule has 0 spiro atoms. The van der Waals surface area contributed by atoms with Gasteiger partial charge in [0.1, 0.15) is 5.65 Å². The molecule has 0 saturated heterocycles. The zero-order valence-electron chi connectivity index (χ0n) is 6.04. The molecule has 0 atom stereocenters. The number of carbonyl (C=O) groups excluding carboxylic acids is 1. The van der Waals surface area contributed by atoms with Crippen LogP contribution in [0.4, 0.5) is 0 Å². The van der Waals surface area contributed by atoms with Gasteiger partial charge in [-0.2, -0.15) is 0 Å². The summed E-state index contributed by atoms with van der Waals surface area (Å²) >= 11 is 5.71. The lowest BCUT2D eigenvalue weighted by molar-refractivity contribution is 0.112. The summed E-state index contributed by atoms with van der Waals surface area (Å²) in [6.07, 6.45) is 2.28. The molecule has 0 amide bonds. The molecule has 0 bridgehead atoms. The fourth-order valence-electron chi connectivity index (χ4n) is 1.07. The summed E-state index contributed by atoms with van der Waals surface area (Å²) in [5, 5.41) is 1.42. The first-order valence-electron chi connectivity index (χ1n) is 3.39. The van der Waals surface area contributed by atoms with Crippen molar-refractivity contribution >= 4 is 28.9 Å². The second kappa shape index (κ2) is 2.60. The van der Waals surface area contributed by atoms with E-state index in [0.717, 1.165) is 11.7 Å². The predicted octanol–water partition coefficient (Wildman–Crippen LogP) is 2.03. The Bertz CT molecular complexity index is 436. The van der Waals surface area contributed by atoms with Crippen molar-refractivity contribution in [2.45, 2.75) is 0 Å². The maximum absolute atomic E-state index is 10.4. The van der Waals surface area contributed by atoms with E-state index in [4.69, 9.17) is 11.6 Å². The summed E-state index contributed by atoms with van der Waals surface area (Å²) < 4.78 is 0. The number of nitrogens with one attached hydrogen (secondary N) is 1. The Morgan fingerprint density at radius 3 is 3.08 bits per heavy atom. The van der Waals surface area contributed by atoms with E-state index in [-0.39, 0.29) is 0 Å². The minimum absolute atomic E-state index is 0.514. The lowest BCUT2D eigenvalue weighted by Crippen LogP contribution is -1.77. The van der Waals surface area contributed by atoms with Gasteiger partial charge in [-0.1, -0.05) is 11.6 Å². The average molecular weight is 181 g/mol. The largest absolute Gasteiger partial charge is 0.337 e. The molecular formula is C8H5ClN2O. The number of aromatic nitrogens is 2. The normalized spacial score (nSPS) is 10.4. The Morgan fingerprint density at radius 2 is 2.33 bits per heavy atom. The Balaban J connectivity index is 2.75. The third-order valence-corrected chi connectivity index (χ3v) is 1.79. The summed E-state index contributed by atoms with van der Waals surface area (Å²) in [6, 6.07) is 3.47. The first-order valence-corrected chi connectivity index (χ1v) is 3.77. The molecule has 0 radical (unpaired) electrons. The van der Waals surface area contributed by atoms with Crippen molar-refractivity contribution in [2.75, 3.05) is 0 Å². The number of aldehydes is 1. The van der Waals surface area contributed by atoms with Crippen LogP contribution in [0.1, 0.15) is 10.5 Å². The Hall–Kier alpha value is -1.35. The molecule has 0 aliphatic heterocycles. The molecule has 12 heavy (non-hydrogen) atoms. The van der Waals surface area contributed by atoms with Crippen molar-refractivity contribution < 1.29 is 4.79 Å². The molecule has 0 aliphatic rings. The number of pyridine rings is 1. The van der Waals surface area contributed by atoms with E-state index < -0.39 is 0 Å². The molecule has 0 saturated carbocycles. The number of rotatable bonds is 1. The number of fused-ring (bicyclic) bond motifs is 1. The number of hydrogen-bond donors (Lipinski definition) is 1. The molecule has 4 heteroatoms. The van der Waals surface area contributed by atoms with Gasteiger partial charge in [-0.05, 0) is 12.1 Å². The molecule has 0 aromatic carbocycles. The first kappa shape index (κ1) is 7.31. The Labute approximate surface area is 73.4 Å². The summed E-state index contributed by atoms with van der Waals surface area (Å²) in [6.45, 7) is 0. The number of aromatic amines is 1. The Morgan fingerprint density at radius 1 is 1.50 bits per heavy atom. The van der Waals surface area contributed by atoms with E-state index in [2.05, 4.69) is 9.97 Å². The second-order valence-electron chi connectivity index (χ2n) is 2.43. The van der Waals surface area contributed by atoms with Crippen molar-refractivity contribution in [2.24, 2.45) is 0 Å². The van der Waals surface area contributed by atoms with Crippen LogP contribution in [-0.2, 0) is 0 Å². The van der Waals surface area contributed by atoms with Crippen LogP contribution in [-0.4, -0.2) is 16.3 Å². The van der Waals surface area contributed by atoms with E-state index in [1.54, 1.807) is 12.1 Å². The smallest absolute Gasteiger partial charge is 0.166 e. The molecule has 60 valence electrons. The molecule has 2 rings (SSSR count). The number of nitrogens with zero attached hydrogens (tertiary/aromatic N) is 1. The lowest BCUT2D eigenvalue weighted by Gasteiger charge is -1.87. The lowest BCUT2D eigenvalue weighted by atomic mass is 10.3. The van der Waals surface area contributed by atoms with Crippen LogP contribution < -0.4 is 0 Å². The minimum atomic E-state index is 0.514. The maximum atomic E-state index is 10.4. The molecule has 2 heterocycles. The zero-order valence-corrected chi connectivity index (χ0v) is 6.80. The SMILES string of the molecule is O=Cc1cc2cc(Cl)cnc2[nH]1. The van der Waals surface area contributed by atoms with E-state index in [1.165, 1.54) is 6.20 Å². The van der Waals surface area contributed by atoms with E-state index in [1.807, 2.05) is 0 Å². The third-order valence-electron chi connectivity index (χ3n) is 1.58. The highest BCUT2D eigenvalue weighted by molar-refractivity contribution is 6.31. The topological polar surface area (TPSA) is 45.8 Å². The highest BCUT2D eigenvalue weighted by Gasteiger charge is 2.00. The highest BCUT2D eigenvalue weighted by Crippen LogP contribution is 2.16. The van der Waals surface area contributed by atoms with Gasteiger partial charge in [-0.15, -0.1) is 0 Å². The maximum Gasteiger partial charge on any atom is 0.166 e. The molecule has 2 aromatic rings. The van der Waals surface area contributed by atoms with Gasteiger partial charge >= 0.3 is 0 Å². The zero-order chi connectivity index (χ0) is 8.55. The van der Waals surface area contributed by atoms with E-state index in [9.17, 15) is 4.79 Å². The molecule has 1 N–H and O–H groups in total. The fourth-order valence-corrected chi connectivity index (χ4v) is 1.24. The first-order chi connectivity index (χ1) is 5.79. The predicted molar refractivity (Wildman–Crippen MR) is 46.5 cm³/mol. The van der Waals surface area contributed by atoms with E-state index >= 15 is 0 Å². The number of H-pyrrole nitrogens is 1. The summed E-state index contributed by atoms with van der Waals surface area (Å²) in [4.78, 5) is 17.2. The van der Waals surface area contributed by atoms with Crippen LogP contribution >= 0.6 is 11.6 Å². The van der Waals surface area contributed by atoms with Crippen molar-refractivity contribution in [3.05, 3.63) is 29.0 Å². The van der Waals surface area contributed by atoms with Crippen molar-refractivity contribution in [3.8, 4) is 0 Å². The van der Waals surface area contributed by atoms with Crippen LogP contribution in [0, 0.1) is 0 Å². The third kappa shape index (κ3) is 1.08. The molecular weight excluding hydrogens is 176 g/mol. The Kier molecular flexibility index (Phi) is 1.59. The molecule has 2 aromatic heterocycles.